The van der Waals surface area contributed by atoms with Crippen molar-refractivity contribution >= 4 is 5.69 Å². The Hall–Kier alpha value is -1.53. The van der Waals surface area contributed by atoms with E-state index in [0.29, 0.717) is 6.42 Å². The summed E-state index contributed by atoms with van der Waals surface area (Å²) in [5.41, 5.74) is 5.56. The lowest BCUT2D eigenvalue weighted by Crippen LogP contribution is -2.26. The predicted molar refractivity (Wildman–Crippen MR) is 65.5 cm³/mol. The van der Waals surface area contributed by atoms with Gasteiger partial charge in [0.2, 0.25) is 0 Å². The van der Waals surface area contributed by atoms with E-state index in [-0.39, 0.29) is 5.56 Å². The van der Waals surface area contributed by atoms with Crippen molar-refractivity contribution in [2.45, 2.75) is 38.3 Å². The van der Waals surface area contributed by atoms with Crippen LogP contribution in [0.1, 0.15) is 37.8 Å². The summed E-state index contributed by atoms with van der Waals surface area (Å²) >= 11 is 0. The maximum Gasteiger partial charge on any atom is 0.277 e. The average Bonchev–Trinajstić information content (AvgIpc) is 2.34. The Balaban J connectivity index is 2.97. The second kappa shape index (κ2) is 6.42. The molecule has 0 heterocycles. The van der Waals surface area contributed by atoms with Crippen molar-refractivity contribution in [2.75, 3.05) is 0 Å². The minimum atomic E-state index is -0.877. The molecule has 0 aliphatic rings. The Morgan fingerprint density at radius 1 is 1.56 bits per heavy atom. The van der Waals surface area contributed by atoms with E-state index in [2.05, 4.69) is 0 Å². The Bertz CT molecular complexity index is 426. The van der Waals surface area contributed by atoms with Crippen LogP contribution in [0.4, 0.5) is 10.1 Å². The van der Waals surface area contributed by atoms with Crippen LogP contribution in [0, 0.1) is 15.9 Å². The first kappa shape index (κ1) is 14.5. The summed E-state index contributed by atoms with van der Waals surface area (Å²) in [4.78, 5) is 10.1. The van der Waals surface area contributed by atoms with E-state index in [1.165, 1.54) is 6.07 Å². The number of nitro benzene ring substituents is 1. The fraction of sp³-hybridized carbons (Fsp3) is 0.500. The van der Waals surface area contributed by atoms with E-state index in [0.717, 1.165) is 25.0 Å². The molecule has 0 unspecified atom stereocenters. The van der Waals surface area contributed by atoms with E-state index < -0.39 is 28.6 Å². The molecular weight excluding hydrogens is 239 g/mol. The van der Waals surface area contributed by atoms with E-state index in [4.69, 9.17) is 5.73 Å². The van der Waals surface area contributed by atoms with Gasteiger partial charge in [0.25, 0.3) is 5.69 Å². The number of halogens is 1. The van der Waals surface area contributed by atoms with Gasteiger partial charge in [-0.2, -0.15) is 0 Å². The van der Waals surface area contributed by atoms with Crippen molar-refractivity contribution in [2.24, 2.45) is 5.73 Å². The zero-order chi connectivity index (χ0) is 13.7. The highest BCUT2D eigenvalue weighted by Gasteiger charge is 2.25. The molecule has 1 aromatic rings. The van der Waals surface area contributed by atoms with Crippen LogP contribution in [-0.2, 0) is 0 Å². The highest BCUT2D eigenvalue weighted by molar-refractivity contribution is 5.42. The molecule has 100 valence electrons. The average molecular weight is 256 g/mol. The van der Waals surface area contributed by atoms with Crippen molar-refractivity contribution in [3.05, 3.63) is 39.7 Å². The number of hydrogen-bond donors (Lipinski definition) is 2. The Morgan fingerprint density at radius 2 is 2.22 bits per heavy atom. The number of nitrogens with zero attached hydrogens (tertiary/aromatic N) is 1. The topological polar surface area (TPSA) is 89.4 Å². The second-order valence-electron chi connectivity index (χ2n) is 4.20. The molecule has 3 N–H and O–H groups in total. The van der Waals surface area contributed by atoms with E-state index in [9.17, 15) is 19.6 Å². The minimum absolute atomic E-state index is 0.157. The first-order chi connectivity index (χ1) is 8.47. The van der Waals surface area contributed by atoms with Crippen LogP contribution in [0.2, 0.25) is 0 Å². The lowest BCUT2D eigenvalue weighted by atomic mass is 9.97. The van der Waals surface area contributed by atoms with Crippen molar-refractivity contribution in [3.8, 4) is 0 Å². The summed E-state index contributed by atoms with van der Waals surface area (Å²) in [6.45, 7) is 1.97. The fourth-order valence-electron chi connectivity index (χ4n) is 1.76. The molecule has 0 aromatic heterocycles. The van der Waals surface area contributed by atoms with Gasteiger partial charge in [-0.1, -0.05) is 19.8 Å². The SMILES string of the molecule is CCCC[C@@H](O)[C@@H](N)c1ccc(F)cc1[N+](=O)[O-]. The zero-order valence-corrected chi connectivity index (χ0v) is 10.2. The van der Waals surface area contributed by atoms with Gasteiger partial charge in [-0.3, -0.25) is 10.1 Å². The highest BCUT2D eigenvalue weighted by Crippen LogP contribution is 2.28. The third-order valence-corrected chi connectivity index (χ3v) is 2.82. The minimum Gasteiger partial charge on any atom is -0.391 e. The van der Waals surface area contributed by atoms with Crippen molar-refractivity contribution in [1.82, 2.24) is 0 Å². The maximum atomic E-state index is 13.0. The van der Waals surface area contributed by atoms with Crippen molar-refractivity contribution in [1.29, 1.82) is 0 Å². The Kier molecular flexibility index (Phi) is 5.18. The third kappa shape index (κ3) is 3.48. The molecule has 0 radical (unpaired) electrons. The van der Waals surface area contributed by atoms with Gasteiger partial charge in [0.1, 0.15) is 5.82 Å². The van der Waals surface area contributed by atoms with Gasteiger partial charge in [0.05, 0.1) is 23.1 Å². The summed E-state index contributed by atoms with van der Waals surface area (Å²) in [5, 5.41) is 20.7. The molecule has 2 atom stereocenters. The number of hydrogen-bond acceptors (Lipinski definition) is 4. The number of benzene rings is 1. The van der Waals surface area contributed by atoms with Gasteiger partial charge in [-0.05, 0) is 18.6 Å². The lowest BCUT2D eigenvalue weighted by molar-refractivity contribution is -0.386. The zero-order valence-electron chi connectivity index (χ0n) is 10.2. The monoisotopic (exact) mass is 256 g/mol. The van der Waals surface area contributed by atoms with Crippen LogP contribution in [0.3, 0.4) is 0 Å². The third-order valence-electron chi connectivity index (χ3n) is 2.82. The van der Waals surface area contributed by atoms with Crippen LogP contribution in [0.15, 0.2) is 18.2 Å². The number of aliphatic hydroxyl groups is 1. The summed E-state index contributed by atoms with van der Waals surface area (Å²) in [7, 11) is 0. The van der Waals surface area contributed by atoms with Crippen molar-refractivity contribution < 1.29 is 14.4 Å². The molecule has 6 heteroatoms. The van der Waals surface area contributed by atoms with Gasteiger partial charge in [0, 0.05) is 5.56 Å². The first-order valence-electron chi connectivity index (χ1n) is 5.84. The number of rotatable bonds is 6. The molecule has 1 aromatic carbocycles. The Labute approximate surface area is 105 Å². The standard InChI is InChI=1S/C12H17FN2O3/c1-2-3-4-11(16)12(14)9-6-5-8(13)7-10(9)15(17)18/h5-7,11-12,16H,2-4,14H2,1H3/t11-,12+/m1/s1. The molecule has 0 amide bonds. The highest BCUT2D eigenvalue weighted by atomic mass is 19.1. The quantitative estimate of drug-likeness (QED) is 0.603. The summed E-state index contributed by atoms with van der Waals surface area (Å²) in [5.74, 6) is -0.694. The normalized spacial score (nSPS) is 14.2. The number of nitro groups is 1. The fourth-order valence-corrected chi connectivity index (χ4v) is 1.76. The van der Waals surface area contributed by atoms with Crippen LogP contribution < -0.4 is 5.73 Å². The molecule has 5 nitrogen and oxygen atoms in total. The maximum absolute atomic E-state index is 13.0. The van der Waals surface area contributed by atoms with Gasteiger partial charge in [-0.15, -0.1) is 0 Å². The van der Waals surface area contributed by atoms with E-state index in [1.807, 2.05) is 6.92 Å². The van der Waals surface area contributed by atoms with Crippen molar-refractivity contribution in [3.63, 3.8) is 0 Å². The molecule has 0 aliphatic heterocycles. The van der Waals surface area contributed by atoms with Crippen LogP contribution in [-0.4, -0.2) is 16.1 Å². The second-order valence-corrected chi connectivity index (χ2v) is 4.20. The molecular formula is C12H17FN2O3. The largest absolute Gasteiger partial charge is 0.391 e. The van der Waals surface area contributed by atoms with Crippen LogP contribution in [0.25, 0.3) is 0 Å². The first-order valence-corrected chi connectivity index (χ1v) is 5.84. The van der Waals surface area contributed by atoms with Gasteiger partial charge < -0.3 is 10.8 Å². The number of aliphatic hydroxyl groups excluding tert-OH is 1. The molecule has 0 saturated heterocycles. The van der Waals surface area contributed by atoms with Gasteiger partial charge in [-0.25, -0.2) is 4.39 Å². The molecule has 18 heavy (non-hydrogen) atoms. The molecule has 0 saturated carbocycles. The molecule has 0 aliphatic carbocycles. The summed E-state index contributed by atoms with van der Waals surface area (Å²) in [6.07, 6.45) is 1.28. The van der Waals surface area contributed by atoms with Gasteiger partial charge in [0.15, 0.2) is 0 Å². The molecule has 0 bridgehead atoms. The molecule has 0 fully saturated rings. The van der Waals surface area contributed by atoms with Gasteiger partial charge >= 0.3 is 0 Å². The molecule has 1 rings (SSSR count). The summed E-state index contributed by atoms with van der Waals surface area (Å²) < 4.78 is 13.0. The van der Waals surface area contributed by atoms with Crippen LogP contribution in [0.5, 0.6) is 0 Å². The van der Waals surface area contributed by atoms with E-state index in [1.54, 1.807) is 0 Å². The van der Waals surface area contributed by atoms with Crippen LogP contribution >= 0.6 is 0 Å². The summed E-state index contributed by atoms with van der Waals surface area (Å²) in [6, 6.07) is 2.31. The smallest absolute Gasteiger partial charge is 0.277 e. The lowest BCUT2D eigenvalue weighted by Gasteiger charge is -2.18. The van der Waals surface area contributed by atoms with E-state index >= 15 is 0 Å². The number of nitrogens with two attached hydrogens (primary N) is 1. The Morgan fingerprint density at radius 3 is 2.78 bits per heavy atom. The molecule has 0 spiro atoms. The predicted octanol–water partition coefficient (Wildman–Crippen LogP) is 2.28. The number of unbranched alkanes of at least 4 members (excludes halogenated alkanes) is 1.